The van der Waals surface area contributed by atoms with Crippen molar-refractivity contribution in [2.45, 2.75) is 18.4 Å². The van der Waals surface area contributed by atoms with Gasteiger partial charge in [-0.15, -0.1) is 0 Å². The molecule has 33 heavy (non-hydrogen) atoms. The van der Waals surface area contributed by atoms with Gasteiger partial charge in [-0.25, -0.2) is 4.79 Å². The van der Waals surface area contributed by atoms with Crippen LogP contribution in [0.2, 0.25) is 0 Å². The lowest BCUT2D eigenvalue weighted by atomic mass is 9.98. The van der Waals surface area contributed by atoms with Gasteiger partial charge in [0.2, 0.25) is 0 Å². The zero-order chi connectivity index (χ0) is 23.4. The summed E-state index contributed by atoms with van der Waals surface area (Å²) < 4.78 is 16.2. The van der Waals surface area contributed by atoms with E-state index < -0.39 is 18.1 Å². The molecule has 1 atom stereocenters. The lowest BCUT2D eigenvalue weighted by molar-refractivity contribution is -0.137. The standard InChI is InChI=1S/C26H25NO6/c1-31-16-11-12-21(24(13-16)32-2)23(14-25(28)29)27-26(30)33-15-22-19-9-5-3-7-17(19)18-8-4-6-10-20(18)22/h3-13,22-23H,14-15H2,1-2H3,(H,27,30)(H,28,29)/t23-/m1/s1. The highest BCUT2D eigenvalue weighted by Crippen LogP contribution is 2.44. The molecule has 0 fully saturated rings. The minimum atomic E-state index is -1.06. The van der Waals surface area contributed by atoms with Gasteiger partial charge in [0.1, 0.15) is 18.1 Å². The number of carbonyl (C=O) groups is 2. The van der Waals surface area contributed by atoms with Crippen LogP contribution in [0.15, 0.2) is 66.7 Å². The molecule has 0 bridgehead atoms. The number of fused-ring (bicyclic) bond motifs is 3. The van der Waals surface area contributed by atoms with E-state index in [1.54, 1.807) is 18.2 Å². The maximum atomic E-state index is 12.7. The summed E-state index contributed by atoms with van der Waals surface area (Å²) in [5.41, 5.74) is 4.99. The van der Waals surface area contributed by atoms with Crippen LogP contribution < -0.4 is 14.8 Å². The molecule has 4 rings (SSSR count). The highest BCUT2D eigenvalue weighted by Gasteiger charge is 2.30. The molecule has 0 saturated heterocycles. The average molecular weight is 447 g/mol. The molecule has 0 spiro atoms. The number of alkyl carbamates (subject to hydrolysis) is 1. The highest BCUT2D eigenvalue weighted by atomic mass is 16.5. The SMILES string of the molecule is COc1ccc([C@@H](CC(=O)O)NC(=O)OCC2c3ccccc3-c3ccccc32)c(OC)c1. The van der Waals surface area contributed by atoms with Gasteiger partial charge >= 0.3 is 12.1 Å². The normalized spacial score (nSPS) is 12.9. The van der Waals surface area contributed by atoms with Crippen LogP contribution in [0.4, 0.5) is 4.79 Å². The van der Waals surface area contributed by atoms with Gasteiger partial charge < -0.3 is 24.6 Å². The first-order chi connectivity index (χ1) is 16.0. The van der Waals surface area contributed by atoms with Crippen LogP contribution in [0, 0.1) is 0 Å². The van der Waals surface area contributed by atoms with Gasteiger partial charge in [0, 0.05) is 17.5 Å². The number of hydrogen-bond acceptors (Lipinski definition) is 5. The first-order valence-electron chi connectivity index (χ1n) is 10.6. The number of methoxy groups -OCH3 is 2. The number of carboxylic acid groups (broad SMARTS) is 1. The number of amides is 1. The smallest absolute Gasteiger partial charge is 0.407 e. The fraction of sp³-hybridized carbons (Fsp3) is 0.231. The van der Waals surface area contributed by atoms with Crippen molar-refractivity contribution in [2.24, 2.45) is 0 Å². The fourth-order valence-electron chi connectivity index (χ4n) is 4.30. The quantitative estimate of drug-likeness (QED) is 0.517. The number of ether oxygens (including phenoxy) is 3. The van der Waals surface area contributed by atoms with Crippen LogP contribution in [0.1, 0.15) is 35.1 Å². The van der Waals surface area contributed by atoms with Crippen molar-refractivity contribution in [1.29, 1.82) is 0 Å². The lowest BCUT2D eigenvalue weighted by Crippen LogP contribution is -2.32. The van der Waals surface area contributed by atoms with E-state index in [9.17, 15) is 14.7 Å². The van der Waals surface area contributed by atoms with Gasteiger partial charge in [-0.05, 0) is 34.4 Å². The summed E-state index contributed by atoms with van der Waals surface area (Å²) in [6, 6.07) is 20.3. The van der Waals surface area contributed by atoms with E-state index in [0.29, 0.717) is 17.1 Å². The molecule has 0 radical (unpaired) electrons. The predicted molar refractivity (Wildman–Crippen MR) is 123 cm³/mol. The molecule has 0 aromatic heterocycles. The first kappa shape index (κ1) is 22.2. The molecular formula is C26H25NO6. The Hall–Kier alpha value is -4.00. The second-order valence-electron chi connectivity index (χ2n) is 7.73. The Morgan fingerprint density at radius 3 is 2.15 bits per heavy atom. The molecule has 3 aromatic rings. The Kier molecular flexibility index (Phi) is 6.49. The summed E-state index contributed by atoms with van der Waals surface area (Å²) in [6.45, 7) is 0.138. The highest BCUT2D eigenvalue weighted by molar-refractivity contribution is 5.79. The van der Waals surface area contributed by atoms with E-state index in [0.717, 1.165) is 22.3 Å². The molecule has 1 aliphatic rings. The molecule has 0 unspecified atom stereocenters. The fourth-order valence-corrected chi connectivity index (χ4v) is 4.30. The number of carbonyl (C=O) groups excluding carboxylic acids is 1. The second-order valence-corrected chi connectivity index (χ2v) is 7.73. The van der Waals surface area contributed by atoms with E-state index in [1.165, 1.54) is 14.2 Å². The van der Waals surface area contributed by atoms with E-state index in [1.807, 2.05) is 36.4 Å². The van der Waals surface area contributed by atoms with E-state index in [2.05, 4.69) is 17.4 Å². The zero-order valence-corrected chi connectivity index (χ0v) is 18.4. The van der Waals surface area contributed by atoms with E-state index >= 15 is 0 Å². The van der Waals surface area contributed by atoms with Crippen LogP contribution in [-0.2, 0) is 9.53 Å². The molecule has 170 valence electrons. The van der Waals surface area contributed by atoms with Crippen molar-refractivity contribution in [3.63, 3.8) is 0 Å². The van der Waals surface area contributed by atoms with Crippen molar-refractivity contribution >= 4 is 12.1 Å². The minimum Gasteiger partial charge on any atom is -0.497 e. The number of hydrogen-bond donors (Lipinski definition) is 2. The van der Waals surface area contributed by atoms with Gasteiger partial charge in [-0.2, -0.15) is 0 Å². The van der Waals surface area contributed by atoms with E-state index in [-0.39, 0.29) is 18.9 Å². The van der Waals surface area contributed by atoms with Crippen LogP contribution in [0.25, 0.3) is 11.1 Å². The summed E-state index contributed by atoms with van der Waals surface area (Å²) in [7, 11) is 3.00. The number of nitrogens with one attached hydrogen (secondary N) is 1. The molecule has 0 aliphatic heterocycles. The zero-order valence-electron chi connectivity index (χ0n) is 18.4. The lowest BCUT2D eigenvalue weighted by Gasteiger charge is -2.21. The van der Waals surface area contributed by atoms with Gasteiger partial charge in [0.15, 0.2) is 0 Å². The minimum absolute atomic E-state index is 0.0865. The number of benzene rings is 3. The van der Waals surface area contributed by atoms with Crippen LogP contribution in [0.3, 0.4) is 0 Å². The molecular weight excluding hydrogens is 422 g/mol. The van der Waals surface area contributed by atoms with Crippen LogP contribution in [0.5, 0.6) is 11.5 Å². The number of carboxylic acids is 1. The largest absolute Gasteiger partial charge is 0.497 e. The third-order valence-corrected chi connectivity index (χ3v) is 5.83. The van der Waals surface area contributed by atoms with Crippen molar-refractivity contribution in [1.82, 2.24) is 5.32 Å². The van der Waals surface area contributed by atoms with Gasteiger partial charge in [0.05, 0.1) is 26.7 Å². The molecule has 1 aliphatic carbocycles. The Morgan fingerprint density at radius 2 is 1.58 bits per heavy atom. The second kappa shape index (κ2) is 9.65. The monoisotopic (exact) mass is 447 g/mol. The summed E-state index contributed by atoms with van der Waals surface area (Å²) in [6.07, 6.45) is -1.02. The third-order valence-electron chi connectivity index (χ3n) is 5.83. The third kappa shape index (κ3) is 4.62. The van der Waals surface area contributed by atoms with Gasteiger partial charge in [-0.3, -0.25) is 4.79 Å². The first-order valence-corrected chi connectivity index (χ1v) is 10.6. The van der Waals surface area contributed by atoms with Crippen molar-refractivity contribution < 1.29 is 28.9 Å². The molecule has 2 N–H and O–H groups in total. The average Bonchev–Trinajstić information content (AvgIpc) is 3.15. The number of rotatable bonds is 8. The summed E-state index contributed by atoms with van der Waals surface area (Å²) in [4.78, 5) is 24.2. The molecule has 7 heteroatoms. The summed E-state index contributed by atoms with van der Waals surface area (Å²) in [5.74, 6) is -0.168. The number of aliphatic carboxylic acids is 1. The molecule has 7 nitrogen and oxygen atoms in total. The topological polar surface area (TPSA) is 94.1 Å². The summed E-state index contributed by atoms with van der Waals surface area (Å²) >= 11 is 0. The predicted octanol–water partition coefficient (Wildman–Crippen LogP) is 4.76. The van der Waals surface area contributed by atoms with Crippen molar-refractivity contribution in [2.75, 3.05) is 20.8 Å². The van der Waals surface area contributed by atoms with E-state index in [4.69, 9.17) is 14.2 Å². The van der Waals surface area contributed by atoms with Crippen molar-refractivity contribution in [3.05, 3.63) is 83.4 Å². The Bertz CT molecular complexity index is 1130. The van der Waals surface area contributed by atoms with Crippen LogP contribution >= 0.6 is 0 Å². The summed E-state index contributed by atoms with van der Waals surface area (Å²) in [5, 5.41) is 12.1. The molecule has 0 heterocycles. The molecule has 3 aromatic carbocycles. The van der Waals surface area contributed by atoms with Crippen molar-refractivity contribution in [3.8, 4) is 22.6 Å². The maximum absolute atomic E-state index is 12.7. The Morgan fingerprint density at radius 1 is 0.939 bits per heavy atom. The van der Waals surface area contributed by atoms with Crippen LogP contribution in [-0.4, -0.2) is 38.0 Å². The van der Waals surface area contributed by atoms with Gasteiger partial charge in [-0.1, -0.05) is 48.5 Å². The molecule has 0 saturated carbocycles. The maximum Gasteiger partial charge on any atom is 0.407 e. The molecule has 1 amide bonds. The Labute approximate surface area is 191 Å². The van der Waals surface area contributed by atoms with Gasteiger partial charge in [0.25, 0.3) is 0 Å². The Balaban J connectivity index is 1.51.